The van der Waals surface area contributed by atoms with Crippen LogP contribution in [0.5, 0.6) is 0 Å². The summed E-state index contributed by atoms with van der Waals surface area (Å²) >= 11 is 2.76. The molecule has 0 aliphatic carbocycles. The largest absolute Gasteiger partial charge is 0.481 e. The molecule has 1 aliphatic heterocycles. The van der Waals surface area contributed by atoms with Crippen LogP contribution in [0.2, 0.25) is 0 Å². The van der Waals surface area contributed by atoms with Gasteiger partial charge >= 0.3 is 5.97 Å². The van der Waals surface area contributed by atoms with Gasteiger partial charge in [0.05, 0.1) is 10.8 Å². The van der Waals surface area contributed by atoms with Crippen molar-refractivity contribution in [2.45, 2.75) is 39.0 Å². The van der Waals surface area contributed by atoms with E-state index in [9.17, 15) is 19.5 Å². The zero-order valence-electron chi connectivity index (χ0n) is 21.7. The van der Waals surface area contributed by atoms with Gasteiger partial charge in [0.1, 0.15) is 11.3 Å². The van der Waals surface area contributed by atoms with Crippen molar-refractivity contribution in [1.82, 2.24) is 9.88 Å². The van der Waals surface area contributed by atoms with Gasteiger partial charge in [0.25, 0.3) is 5.91 Å². The van der Waals surface area contributed by atoms with E-state index in [-0.39, 0.29) is 23.7 Å². The number of nitrogens with zero attached hydrogens (tertiary/aromatic N) is 3. The lowest BCUT2D eigenvalue weighted by Crippen LogP contribution is -2.41. The fourth-order valence-corrected chi connectivity index (χ4v) is 6.74. The van der Waals surface area contributed by atoms with Gasteiger partial charge in [-0.3, -0.25) is 19.3 Å². The molecule has 0 spiro atoms. The van der Waals surface area contributed by atoms with Crippen molar-refractivity contribution >= 4 is 56.6 Å². The van der Waals surface area contributed by atoms with Crippen LogP contribution in [0.15, 0.2) is 57.6 Å². The van der Waals surface area contributed by atoms with E-state index in [1.165, 1.54) is 22.7 Å². The molecule has 204 valence electrons. The number of thiazole rings is 1. The average Bonchev–Trinajstić information content (AvgIpc) is 3.72. The van der Waals surface area contributed by atoms with E-state index in [1.807, 2.05) is 59.0 Å². The van der Waals surface area contributed by atoms with E-state index in [2.05, 4.69) is 0 Å². The van der Waals surface area contributed by atoms with Gasteiger partial charge in [-0.15, -0.1) is 22.7 Å². The fraction of sp³-hybridized carbons (Fsp3) is 0.379. The molecule has 0 bridgehead atoms. The Morgan fingerprint density at radius 3 is 2.64 bits per heavy atom. The molecular weight excluding hydrogens is 534 g/mol. The number of aliphatic carboxylic acids is 1. The minimum Gasteiger partial charge on any atom is -0.481 e. The van der Waals surface area contributed by atoms with Gasteiger partial charge in [0, 0.05) is 36.8 Å². The third-order valence-electron chi connectivity index (χ3n) is 7.37. The number of para-hydroxylation sites is 1. The number of furan rings is 1. The van der Waals surface area contributed by atoms with Crippen LogP contribution in [-0.2, 0) is 9.59 Å². The Hall–Kier alpha value is -3.50. The van der Waals surface area contributed by atoms with Crippen molar-refractivity contribution in [2.75, 3.05) is 24.5 Å². The van der Waals surface area contributed by atoms with Crippen LogP contribution in [-0.4, -0.2) is 52.4 Å². The highest BCUT2D eigenvalue weighted by Crippen LogP contribution is 2.33. The number of amides is 2. The molecule has 4 heterocycles. The fourth-order valence-electron chi connectivity index (χ4n) is 5.23. The second kappa shape index (κ2) is 12.1. The lowest BCUT2D eigenvalue weighted by molar-refractivity contribution is -0.144. The van der Waals surface area contributed by atoms with Gasteiger partial charge in [-0.05, 0) is 55.2 Å². The van der Waals surface area contributed by atoms with E-state index >= 15 is 0 Å². The number of benzene rings is 1. The molecule has 1 saturated heterocycles. The van der Waals surface area contributed by atoms with E-state index in [0.717, 1.165) is 11.0 Å². The monoisotopic (exact) mass is 565 g/mol. The second-order valence-corrected chi connectivity index (χ2v) is 11.6. The van der Waals surface area contributed by atoms with Gasteiger partial charge in [-0.1, -0.05) is 31.2 Å². The number of hydrogen-bond donors (Lipinski definition) is 1. The van der Waals surface area contributed by atoms with Crippen LogP contribution >= 0.6 is 22.7 Å². The normalized spacial score (nSPS) is 14.9. The van der Waals surface area contributed by atoms with Gasteiger partial charge in [0.15, 0.2) is 10.9 Å². The first kappa shape index (κ1) is 27.1. The smallest absolute Gasteiger partial charge is 0.306 e. The number of carboxylic acid groups (broad SMARTS) is 1. The molecule has 0 radical (unpaired) electrons. The minimum atomic E-state index is -0.747. The van der Waals surface area contributed by atoms with Crippen LogP contribution in [0, 0.1) is 11.8 Å². The Bertz CT molecular complexity index is 1400. The molecule has 1 unspecified atom stereocenters. The molecular formula is C29H31N3O5S2. The summed E-state index contributed by atoms with van der Waals surface area (Å²) in [7, 11) is 0. The summed E-state index contributed by atoms with van der Waals surface area (Å²) in [4.78, 5) is 46.7. The highest BCUT2D eigenvalue weighted by atomic mass is 32.1. The number of fused-ring (bicyclic) bond motifs is 1. The number of hydrogen-bond acceptors (Lipinski definition) is 7. The molecule has 4 aromatic rings. The quantitative estimate of drug-likeness (QED) is 0.239. The van der Waals surface area contributed by atoms with Gasteiger partial charge in [-0.25, -0.2) is 4.98 Å². The lowest BCUT2D eigenvalue weighted by atomic mass is 9.82. The van der Waals surface area contributed by atoms with Crippen LogP contribution in [0.3, 0.4) is 0 Å². The predicted molar refractivity (Wildman–Crippen MR) is 153 cm³/mol. The number of likely N-dealkylation sites (tertiary alicyclic amines) is 1. The number of carbonyl (C=O) groups is 3. The summed E-state index contributed by atoms with van der Waals surface area (Å²) in [5, 5.41) is 14.8. The molecule has 39 heavy (non-hydrogen) atoms. The van der Waals surface area contributed by atoms with Crippen LogP contribution in [0.1, 0.15) is 48.7 Å². The maximum atomic E-state index is 13.4. The third-order valence-corrected chi connectivity index (χ3v) is 9.09. The van der Waals surface area contributed by atoms with Crippen molar-refractivity contribution in [3.8, 4) is 11.5 Å². The zero-order valence-corrected chi connectivity index (χ0v) is 23.4. The van der Waals surface area contributed by atoms with Gasteiger partial charge in [0.2, 0.25) is 5.91 Å². The molecule has 1 aromatic carbocycles. The highest BCUT2D eigenvalue weighted by Gasteiger charge is 2.31. The first-order valence-electron chi connectivity index (χ1n) is 13.2. The molecule has 2 amide bonds. The topological polar surface area (TPSA) is 104 Å². The zero-order chi connectivity index (χ0) is 27.4. The van der Waals surface area contributed by atoms with Crippen LogP contribution in [0.25, 0.3) is 22.4 Å². The first-order valence-corrected chi connectivity index (χ1v) is 15.0. The maximum Gasteiger partial charge on any atom is 0.306 e. The maximum absolute atomic E-state index is 13.4. The Morgan fingerprint density at radius 2 is 1.95 bits per heavy atom. The Kier molecular flexibility index (Phi) is 8.42. The molecule has 1 atom stereocenters. The highest BCUT2D eigenvalue weighted by molar-refractivity contribution is 7.14. The van der Waals surface area contributed by atoms with Crippen molar-refractivity contribution in [1.29, 1.82) is 0 Å². The summed E-state index contributed by atoms with van der Waals surface area (Å²) in [6.07, 6.45) is 2.85. The van der Waals surface area contributed by atoms with Gasteiger partial charge < -0.3 is 14.4 Å². The summed E-state index contributed by atoms with van der Waals surface area (Å²) in [6.45, 7) is 3.43. The second-order valence-electron chi connectivity index (χ2n) is 9.77. The van der Waals surface area contributed by atoms with E-state index in [0.29, 0.717) is 73.2 Å². The molecule has 3 aromatic heterocycles. The number of carboxylic acids is 1. The Morgan fingerprint density at radius 1 is 1.15 bits per heavy atom. The molecule has 8 nitrogen and oxygen atoms in total. The third kappa shape index (κ3) is 6.07. The number of carbonyl (C=O) groups excluding carboxylic acids is 2. The van der Waals surface area contributed by atoms with Gasteiger partial charge in [-0.2, -0.15) is 0 Å². The van der Waals surface area contributed by atoms with Crippen molar-refractivity contribution in [3.63, 3.8) is 0 Å². The van der Waals surface area contributed by atoms with Crippen LogP contribution in [0.4, 0.5) is 5.13 Å². The van der Waals surface area contributed by atoms with Crippen LogP contribution < -0.4 is 4.90 Å². The van der Waals surface area contributed by atoms with Crippen molar-refractivity contribution < 1.29 is 23.9 Å². The SMILES string of the molecule is CCC(C(=O)O)C1CCN(C(=O)CCCN(C(=O)c2cccs2)c2nc(-c3cc4ccccc4o3)cs2)CC1. The molecule has 0 saturated carbocycles. The summed E-state index contributed by atoms with van der Waals surface area (Å²) in [5.74, 6) is -0.425. The molecule has 1 fully saturated rings. The summed E-state index contributed by atoms with van der Waals surface area (Å²) in [5.41, 5.74) is 1.45. The van der Waals surface area contributed by atoms with E-state index < -0.39 is 5.97 Å². The number of rotatable bonds is 10. The molecule has 10 heteroatoms. The molecule has 1 N–H and O–H groups in total. The minimum absolute atomic E-state index is 0.0439. The van der Waals surface area contributed by atoms with E-state index in [4.69, 9.17) is 9.40 Å². The Labute approximate surface area is 234 Å². The standard InChI is InChI=1S/C29H31N3O5S2/c1-2-21(28(35)36)19-11-14-31(15-12-19)26(33)10-5-13-32(27(34)25-9-6-16-38-25)29-30-22(18-39-29)24-17-20-7-3-4-8-23(20)37-24/h3-4,6-9,16-19,21H,2,5,10-15H2,1H3,(H,35,36). The number of aromatic nitrogens is 1. The summed E-state index contributed by atoms with van der Waals surface area (Å²) < 4.78 is 5.96. The number of piperidine rings is 1. The van der Waals surface area contributed by atoms with Crippen molar-refractivity contribution in [2.24, 2.45) is 11.8 Å². The molecule has 5 rings (SSSR count). The average molecular weight is 566 g/mol. The first-order chi connectivity index (χ1) is 18.9. The summed E-state index contributed by atoms with van der Waals surface area (Å²) in [6, 6.07) is 13.4. The molecule has 1 aliphatic rings. The number of anilines is 1. The van der Waals surface area contributed by atoms with Crippen molar-refractivity contribution in [3.05, 3.63) is 58.1 Å². The van der Waals surface area contributed by atoms with E-state index in [1.54, 1.807) is 11.0 Å². The predicted octanol–water partition coefficient (Wildman–Crippen LogP) is 6.39. The number of thiophene rings is 1. The lowest BCUT2D eigenvalue weighted by Gasteiger charge is -2.34. The Balaban J connectivity index is 1.23.